The highest BCUT2D eigenvalue weighted by atomic mass is 32.2. The standard InChI is InChI=1S/C10H11NS2/c1-13-10-4-2-9(3-5-10)8-11-6-7-12/h2-7H,8H2,1H3. The van der Waals surface area contributed by atoms with Gasteiger partial charge in [-0.15, -0.1) is 11.8 Å². The first-order chi connectivity index (χ1) is 6.36. The third-order valence-corrected chi connectivity index (χ3v) is 2.46. The lowest BCUT2D eigenvalue weighted by atomic mass is 10.2. The van der Waals surface area contributed by atoms with Crippen LogP contribution in [0.3, 0.4) is 0 Å². The van der Waals surface area contributed by atoms with Crippen LogP contribution in [-0.4, -0.2) is 17.8 Å². The van der Waals surface area contributed by atoms with Crippen molar-refractivity contribution in [1.29, 1.82) is 0 Å². The van der Waals surface area contributed by atoms with Crippen LogP contribution in [0.5, 0.6) is 0 Å². The SMILES string of the molecule is CSc1ccc(CN=CC=S)cc1. The molecule has 3 heteroatoms. The summed E-state index contributed by atoms with van der Waals surface area (Å²) in [5.41, 5.74) is 1.21. The highest BCUT2D eigenvalue weighted by molar-refractivity contribution is 7.98. The minimum atomic E-state index is 0.710. The highest BCUT2D eigenvalue weighted by Gasteiger charge is 1.90. The molecule has 0 saturated carbocycles. The molecule has 0 aromatic heterocycles. The molecular weight excluding hydrogens is 198 g/mol. The number of hydrogen-bond donors (Lipinski definition) is 0. The van der Waals surface area contributed by atoms with Crippen LogP contribution >= 0.6 is 24.0 Å². The summed E-state index contributed by atoms with van der Waals surface area (Å²) in [6.45, 7) is 0.710. The molecule has 1 aromatic rings. The van der Waals surface area contributed by atoms with E-state index < -0.39 is 0 Å². The van der Waals surface area contributed by atoms with E-state index in [0.717, 1.165) is 0 Å². The zero-order valence-corrected chi connectivity index (χ0v) is 9.07. The normalized spacial score (nSPS) is 10.5. The first-order valence-corrected chi connectivity index (χ1v) is 5.63. The smallest absolute Gasteiger partial charge is 0.0640 e. The van der Waals surface area contributed by atoms with E-state index in [1.807, 2.05) is 0 Å². The first kappa shape index (κ1) is 10.4. The Kier molecular flexibility index (Phi) is 4.72. The van der Waals surface area contributed by atoms with Crippen molar-refractivity contribution in [3.63, 3.8) is 0 Å². The average molecular weight is 209 g/mol. The second-order valence-corrected chi connectivity index (χ2v) is 3.63. The van der Waals surface area contributed by atoms with Gasteiger partial charge in [-0.1, -0.05) is 24.4 Å². The Morgan fingerprint density at radius 1 is 1.38 bits per heavy atom. The lowest BCUT2D eigenvalue weighted by Gasteiger charge is -1.97. The fourth-order valence-electron chi connectivity index (χ4n) is 0.932. The monoisotopic (exact) mass is 209 g/mol. The van der Waals surface area contributed by atoms with Gasteiger partial charge in [-0.25, -0.2) is 0 Å². The topological polar surface area (TPSA) is 12.4 Å². The van der Waals surface area contributed by atoms with E-state index in [9.17, 15) is 0 Å². The summed E-state index contributed by atoms with van der Waals surface area (Å²) in [6.07, 6.45) is 3.72. The zero-order valence-electron chi connectivity index (χ0n) is 7.43. The molecule has 0 radical (unpaired) electrons. The van der Waals surface area contributed by atoms with E-state index in [0.29, 0.717) is 6.54 Å². The van der Waals surface area contributed by atoms with Crippen LogP contribution < -0.4 is 0 Å². The minimum Gasteiger partial charge on any atom is -0.288 e. The molecule has 68 valence electrons. The van der Waals surface area contributed by atoms with Gasteiger partial charge in [0.25, 0.3) is 0 Å². The average Bonchev–Trinajstić information content (AvgIpc) is 2.19. The number of aliphatic imine (C=N–C) groups is 1. The zero-order chi connectivity index (χ0) is 9.52. The predicted molar refractivity (Wildman–Crippen MR) is 64.1 cm³/mol. The third-order valence-electron chi connectivity index (χ3n) is 1.60. The maximum atomic E-state index is 4.63. The summed E-state index contributed by atoms with van der Waals surface area (Å²) in [5.74, 6) is 0. The molecule has 0 heterocycles. The van der Waals surface area contributed by atoms with Gasteiger partial charge in [-0.3, -0.25) is 4.99 Å². The molecular formula is C10H11NS2. The van der Waals surface area contributed by atoms with Gasteiger partial charge in [0.15, 0.2) is 0 Å². The van der Waals surface area contributed by atoms with Gasteiger partial charge in [-0.05, 0) is 24.0 Å². The fourth-order valence-corrected chi connectivity index (χ4v) is 1.43. The summed E-state index contributed by atoms with van der Waals surface area (Å²) >= 11 is 6.37. The first-order valence-electron chi connectivity index (χ1n) is 3.93. The molecule has 0 fully saturated rings. The lowest BCUT2D eigenvalue weighted by molar-refractivity contribution is 1.07. The quantitative estimate of drug-likeness (QED) is 0.429. The second-order valence-electron chi connectivity index (χ2n) is 2.47. The second kappa shape index (κ2) is 5.89. The van der Waals surface area contributed by atoms with E-state index in [-0.39, 0.29) is 0 Å². The number of hydrogen-bond acceptors (Lipinski definition) is 3. The molecule has 1 nitrogen and oxygen atoms in total. The van der Waals surface area contributed by atoms with Crippen molar-refractivity contribution in [2.24, 2.45) is 4.99 Å². The number of thiocarbonyl (C=S) groups is 1. The van der Waals surface area contributed by atoms with Crippen LogP contribution in [0.2, 0.25) is 0 Å². The van der Waals surface area contributed by atoms with Crippen LogP contribution in [0, 0.1) is 0 Å². The maximum absolute atomic E-state index is 4.63. The molecule has 0 aliphatic rings. The van der Waals surface area contributed by atoms with E-state index in [2.05, 4.69) is 47.7 Å². The van der Waals surface area contributed by atoms with Gasteiger partial charge in [0.2, 0.25) is 0 Å². The number of nitrogens with zero attached hydrogens (tertiary/aromatic N) is 1. The van der Waals surface area contributed by atoms with Gasteiger partial charge in [0.1, 0.15) is 0 Å². The molecule has 1 aromatic carbocycles. The van der Waals surface area contributed by atoms with Crippen molar-refractivity contribution < 1.29 is 0 Å². The number of thioether (sulfide) groups is 1. The predicted octanol–water partition coefficient (Wildman–Crippen LogP) is 2.98. The van der Waals surface area contributed by atoms with Crippen LogP contribution in [0.15, 0.2) is 34.2 Å². The van der Waals surface area contributed by atoms with Crippen molar-refractivity contribution in [1.82, 2.24) is 0 Å². The summed E-state index contributed by atoms with van der Waals surface area (Å²) < 4.78 is 0. The van der Waals surface area contributed by atoms with Gasteiger partial charge in [-0.2, -0.15) is 0 Å². The van der Waals surface area contributed by atoms with Gasteiger partial charge < -0.3 is 0 Å². The Hall–Kier alpha value is -0.670. The molecule has 0 bridgehead atoms. The van der Waals surface area contributed by atoms with Gasteiger partial charge in [0.05, 0.1) is 6.54 Å². The maximum Gasteiger partial charge on any atom is 0.0640 e. The Balaban J connectivity index is 2.58. The molecule has 1 rings (SSSR count). The van der Waals surface area contributed by atoms with Crippen molar-refractivity contribution in [2.75, 3.05) is 6.26 Å². The fraction of sp³-hybridized carbons (Fsp3) is 0.200. The largest absolute Gasteiger partial charge is 0.288 e. The Bertz CT molecular complexity index is 290. The Morgan fingerprint density at radius 3 is 2.62 bits per heavy atom. The van der Waals surface area contributed by atoms with E-state index >= 15 is 0 Å². The Morgan fingerprint density at radius 2 is 2.08 bits per heavy atom. The van der Waals surface area contributed by atoms with Crippen molar-refractivity contribution in [2.45, 2.75) is 11.4 Å². The molecule has 0 spiro atoms. The molecule has 0 atom stereocenters. The lowest BCUT2D eigenvalue weighted by Crippen LogP contribution is -1.82. The Labute approximate surface area is 88.3 Å². The molecule has 0 N–H and O–H groups in total. The highest BCUT2D eigenvalue weighted by Crippen LogP contribution is 2.14. The van der Waals surface area contributed by atoms with Gasteiger partial charge in [0, 0.05) is 16.5 Å². The van der Waals surface area contributed by atoms with Crippen LogP contribution in [-0.2, 0) is 6.54 Å². The van der Waals surface area contributed by atoms with Crippen LogP contribution in [0.25, 0.3) is 0 Å². The van der Waals surface area contributed by atoms with Crippen LogP contribution in [0.1, 0.15) is 5.56 Å². The van der Waals surface area contributed by atoms with Gasteiger partial charge >= 0.3 is 0 Å². The van der Waals surface area contributed by atoms with Crippen molar-refractivity contribution in [3.05, 3.63) is 29.8 Å². The molecule has 13 heavy (non-hydrogen) atoms. The van der Waals surface area contributed by atoms with E-state index in [1.54, 1.807) is 18.0 Å². The summed E-state index contributed by atoms with van der Waals surface area (Å²) in [5, 5.41) is 1.52. The molecule has 0 saturated heterocycles. The molecule has 0 amide bonds. The summed E-state index contributed by atoms with van der Waals surface area (Å²) in [4.78, 5) is 5.40. The third kappa shape index (κ3) is 3.70. The minimum absolute atomic E-state index is 0.710. The summed E-state index contributed by atoms with van der Waals surface area (Å²) in [6, 6.07) is 8.39. The number of benzene rings is 1. The molecule has 0 unspecified atom stereocenters. The summed E-state index contributed by atoms with van der Waals surface area (Å²) in [7, 11) is 0. The van der Waals surface area contributed by atoms with Crippen molar-refractivity contribution >= 4 is 35.6 Å². The molecule has 0 aliphatic carbocycles. The van der Waals surface area contributed by atoms with Crippen molar-refractivity contribution in [3.8, 4) is 0 Å². The van der Waals surface area contributed by atoms with E-state index in [4.69, 9.17) is 0 Å². The molecule has 0 aliphatic heterocycles. The van der Waals surface area contributed by atoms with Crippen LogP contribution in [0.4, 0.5) is 0 Å². The number of rotatable bonds is 4. The van der Waals surface area contributed by atoms with E-state index in [1.165, 1.54) is 15.8 Å².